The largest absolute Gasteiger partial charge is 0.462 e. The third-order valence-electron chi connectivity index (χ3n) is 3.38. The number of hydrogen-bond acceptors (Lipinski definition) is 5. The van der Waals surface area contributed by atoms with E-state index in [1.807, 2.05) is 26.1 Å². The Kier molecular flexibility index (Phi) is 7.13. The molecule has 0 unspecified atom stereocenters. The summed E-state index contributed by atoms with van der Waals surface area (Å²) in [6, 6.07) is 0. The molecule has 25 heavy (non-hydrogen) atoms. The number of thiophene rings is 1. The van der Waals surface area contributed by atoms with Gasteiger partial charge in [0.2, 0.25) is 0 Å². The van der Waals surface area contributed by atoms with Crippen LogP contribution in [0.25, 0.3) is 0 Å². The number of carbonyl (C=O) groups is 3. The third kappa shape index (κ3) is 5.82. The number of hydrogen-bond donors (Lipinski definition) is 2. The monoisotopic (exact) mass is 370 g/mol. The van der Waals surface area contributed by atoms with Crippen LogP contribution in [0.2, 0.25) is 0 Å². The van der Waals surface area contributed by atoms with E-state index in [0.717, 1.165) is 11.3 Å². The average Bonchev–Trinajstić information content (AvgIpc) is 2.80. The maximum Gasteiger partial charge on any atom is 0.341 e. The van der Waals surface area contributed by atoms with Crippen molar-refractivity contribution in [1.29, 1.82) is 0 Å². The first kappa shape index (κ1) is 21.1. The van der Waals surface area contributed by atoms with E-state index in [1.165, 1.54) is 4.90 Å². The van der Waals surface area contributed by atoms with Crippen LogP contribution in [0.4, 0.5) is 5.00 Å². The van der Waals surface area contributed by atoms with Gasteiger partial charge in [-0.25, -0.2) is 4.79 Å². The minimum Gasteiger partial charge on any atom is -0.462 e. The van der Waals surface area contributed by atoms with Crippen LogP contribution in [0.3, 0.4) is 0 Å². The van der Waals surface area contributed by atoms with Crippen molar-refractivity contribution in [1.82, 2.24) is 4.90 Å². The highest BCUT2D eigenvalue weighted by atomic mass is 32.1. The van der Waals surface area contributed by atoms with Crippen molar-refractivity contribution in [2.45, 2.75) is 40.2 Å². The second-order valence-corrected chi connectivity index (χ2v) is 8.02. The van der Waals surface area contributed by atoms with Crippen molar-refractivity contribution in [2.24, 2.45) is 0 Å². The van der Waals surface area contributed by atoms with E-state index in [-0.39, 0.29) is 36.1 Å². The van der Waals surface area contributed by atoms with Crippen molar-refractivity contribution in [3.8, 4) is 0 Å². The Morgan fingerprint density at radius 1 is 1.24 bits per heavy atom. The quantitative estimate of drug-likeness (QED) is 0.737. The Morgan fingerprint density at radius 3 is 2.32 bits per heavy atom. The first-order valence-corrected chi connectivity index (χ1v) is 8.96. The standard InChI is InChI=1S/C17H27N3O4S/c1-8-24-16(23)12-10(2)13(15(22)20(6)7)25-14(12)19-11(21)9-18-17(3,4)5/h18H,8-9H2,1-7H3,(H,19,21)/p+1. The lowest BCUT2D eigenvalue weighted by molar-refractivity contribution is -0.707. The first-order chi connectivity index (χ1) is 11.5. The summed E-state index contributed by atoms with van der Waals surface area (Å²) < 4.78 is 5.08. The molecule has 3 N–H and O–H groups in total. The predicted molar refractivity (Wildman–Crippen MR) is 98.2 cm³/mol. The molecule has 8 heteroatoms. The molecule has 1 rings (SSSR count). The average molecular weight is 370 g/mol. The summed E-state index contributed by atoms with van der Waals surface area (Å²) in [7, 11) is 3.28. The van der Waals surface area contributed by atoms with E-state index in [4.69, 9.17) is 4.74 Å². The summed E-state index contributed by atoms with van der Waals surface area (Å²) in [5.74, 6) is -0.982. The van der Waals surface area contributed by atoms with Gasteiger partial charge in [-0.2, -0.15) is 0 Å². The summed E-state index contributed by atoms with van der Waals surface area (Å²) in [4.78, 5) is 38.7. The Labute approximate surface area is 152 Å². The first-order valence-electron chi connectivity index (χ1n) is 8.14. The van der Waals surface area contributed by atoms with Crippen LogP contribution in [-0.4, -0.2) is 55.5 Å². The fraction of sp³-hybridized carbons (Fsp3) is 0.588. The normalized spacial score (nSPS) is 11.2. The highest BCUT2D eigenvalue weighted by Gasteiger charge is 2.27. The molecule has 140 valence electrons. The summed E-state index contributed by atoms with van der Waals surface area (Å²) >= 11 is 1.10. The van der Waals surface area contributed by atoms with Gasteiger partial charge >= 0.3 is 5.97 Å². The van der Waals surface area contributed by atoms with E-state index in [1.54, 1.807) is 27.9 Å². The van der Waals surface area contributed by atoms with Crippen LogP contribution in [0.1, 0.15) is 53.3 Å². The molecule has 0 fully saturated rings. The van der Waals surface area contributed by atoms with E-state index in [0.29, 0.717) is 15.4 Å². The maximum atomic E-state index is 12.3. The molecule has 0 saturated carbocycles. The van der Waals surface area contributed by atoms with E-state index in [2.05, 4.69) is 5.32 Å². The number of anilines is 1. The molecule has 0 saturated heterocycles. The second kappa shape index (κ2) is 8.44. The fourth-order valence-corrected chi connectivity index (χ4v) is 3.27. The third-order valence-corrected chi connectivity index (χ3v) is 4.57. The zero-order valence-corrected chi connectivity index (χ0v) is 16.8. The molecule has 0 aromatic carbocycles. The molecule has 7 nitrogen and oxygen atoms in total. The number of amides is 2. The van der Waals surface area contributed by atoms with Crippen LogP contribution < -0.4 is 10.6 Å². The lowest BCUT2D eigenvalue weighted by atomic mass is 10.1. The molecule has 2 amide bonds. The van der Waals surface area contributed by atoms with Crippen LogP contribution in [0, 0.1) is 6.92 Å². The van der Waals surface area contributed by atoms with Crippen LogP contribution in [0.15, 0.2) is 0 Å². The number of ether oxygens (including phenoxy) is 1. The molecule has 0 aliphatic carbocycles. The van der Waals surface area contributed by atoms with Gasteiger partial charge in [0, 0.05) is 14.1 Å². The predicted octanol–water partition coefficient (Wildman–Crippen LogP) is 1.24. The number of carbonyl (C=O) groups excluding carboxylic acids is 3. The molecule has 0 spiro atoms. The van der Waals surface area contributed by atoms with Crippen molar-refractivity contribution in [3.05, 3.63) is 16.0 Å². The molecule has 0 aliphatic heterocycles. The van der Waals surface area contributed by atoms with Crippen molar-refractivity contribution in [2.75, 3.05) is 32.6 Å². The van der Waals surface area contributed by atoms with Gasteiger partial charge in [-0.15, -0.1) is 11.3 Å². The Hall–Kier alpha value is -1.93. The van der Waals surface area contributed by atoms with Crippen molar-refractivity contribution >= 4 is 34.1 Å². The van der Waals surface area contributed by atoms with Crippen molar-refractivity contribution < 1.29 is 24.4 Å². The summed E-state index contributed by atoms with van der Waals surface area (Å²) in [6.07, 6.45) is 0. The van der Waals surface area contributed by atoms with Crippen LogP contribution in [0.5, 0.6) is 0 Å². The highest BCUT2D eigenvalue weighted by molar-refractivity contribution is 7.18. The number of nitrogens with zero attached hydrogens (tertiary/aromatic N) is 1. The number of quaternary nitrogens is 1. The van der Waals surface area contributed by atoms with Crippen LogP contribution >= 0.6 is 11.3 Å². The van der Waals surface area contributed by atoms with E-state index < -0.39 is 5.97 Å². The Balaban J connectivity index is 3.15. The van der Waals surface area contributed by atoms with Gasteiger partial charge < -0.3 is 20.3 Å². The molecular weight excluding hydrogens is 342 g/mol. The molecule has 1 heterocycles. The molecule has 1 aromatic rings. The van der Waals surface area contributed by atoms with Gasteiger partial charge in [0.25, 0.3) is 11.8 Å². The molecule has 0 aliphatic rings. The maximum absolute atomic E-state index is 12.3. The minimum absolute atomic E-state index is 0.0846. The van der Waals surface area contributed by atoms with Gasteiger partial charge in [0.15, 0.2) is 6.54 Å². The van der Waals surface area contributed by atoms with Gasteiger partial charge in [0.1, 0.15) is 5.00 Å². The molecule has 0 bridgehead atoms. The Morgan fingerprint density at radius 2 is 1.84 bits per heavy atom. The van der Waals surface area contributed by atoms with Gasteiger partial charge in [-0.05, 0) is 40.2 Å². The van der Waals surface area contributed by atoms with E-state index >= 15 is 0 Å². The lowest BCUT2D eigenvalue weighted by Crippen LogP contribution is -2.95. The molecule has 1 aromatic heterocycles. The number of nitrogens with one attached hydrogen (secondary N) is 1. The topological polar surface area (TPSA) is 92.3 Å². The number of nitrogens with two attached hydrogens (primary N) is 1. The summed E-state index contributed by atoms with van der Waals surface area (Å²) in [5.41, 5.74) is 0.692. The summed E-state index contributed by atoms with van der Waals surface area (Å²) in [5, 5.41) is 5.01. The van der Waals surface area contributed by atoms with Gasteiger partial charge in [-0.3, -0.25) is 9.59 Å². The number of rotatable bonds is 6. The van der Waals surface area contributed by atoms with Crippen LogP contribution in [-0.2, 0) is 9.53 Å². The second-order valence-electron chi connectivity index (χ2n) is 7.00. The number of esters is 1. The van der Waals surface area contributed by atoms with Gasteiger partial charge in [-0.1, -0.05) is 0 Å². The van der Waals surface area contributed by atoms with Gasteiger partial charge in [0.05, 0.1) is 22.6 Å². The molecule has 0 atom stereocenters. The Bertz CT molecular complexity index is 660. The lowest BCUT2D eigenvalue weighted by Gasteiger charge is -2.16. The zero-order chi connectivity index (χ0) is 19.4. The SMILES string of the molecule is CCOC(=O)c1c(NC(=O)C[NH2+]C(C)(C)C)sc(C(=O)N(C)C)c1C. The van der Waals surface area contributed by atoms with E-state index in [9.17, 15) is 14.4 Å². The smallest absolute Gasteiger partial charge is 0.341 e. The summed E-state index contributed by atoms with van der Waals surface area (Å²) in [6.45, 7) is 9.86. The highest BCUT2D eigenvalue weighted by Crippen LogP contribution is 2.34. The van der Waals surface area contributed by atoms with Crippen molar-refractivity contribution in [3.63, 3.8) is 0 Å². The minimum atomic E-state index is -0.538. The fourth-order valence-electron chi connectivity index (χ4n) is 2.03. The zero-order valence-electron chi connectivity index (χ0n) is 16.0. The molecule has 0 radical (unpaired) electrons. The molecular formula is C17H28N3O4S+.